The van der Waals surface area contributed by atoms with E-state index >= 15 is 0 Å². The van der Waals surface area contributed by atoms with Crippen LogP contribution in [0.4, 0.5) is 0 Å². The molecule has 0 radical (unpaired) electrons. The highest BCUT2D eigenvalue weighted by Crippen LogP contribution is 2.24. The van der Waals surface area contributed by atoms with Crippen LogP contribution in [0.25, 0.3) is 0 Å². The van der Waals surface area contributed by atoms with Gasteiger partial charge in [-0.05, 0) is 38.8 Å². The summed E-state index contributed by atoms with van der Waals surface area (Å²) in [5, 5.41) is 13.6. The monoisotopic (exact) mass is 241 g/mol. The maximum Gasteiger partial charge on any atom is 0.0943 e. The molecule has 90 valence electrons. The Kier molecular flexibility index (Phi) is 4.78. The largest absolute Gasteiger partial charge is 0.387 e. The molecule has 1 aromatic rings. The summed E-state index contributed by atoms with van der Waals surface area (Å²) in [6.45, 7) is 5.18. The molecule has 0 spiro atoms. The van der Waals surface area contributed by atoms with Crippen LogP contribution in [-0.2, 0) is 0 Å². The maximum atomic E-state index is 10.2. The molecule has 3 heteroatoms. The number of halogens is 1. The number of aryl methyl sites for hydroxylation is 2. The summed E-state index contributed by atoms with van der Waals surface area (Å²) in [5.74, 6) is 0. The molecule has 1 fully saturated rings. The zero-order valence-electron chi connectivity index (χ0n) is 9.86. The minimum absolute atomic E-state index is 0. The second kappa shape index (κ2) is 5.67. The van der Waals surface area contributed by atoms with E-state index in [0.29, 0.717) is 0 Å². The topological polar surface area (TPSA) is 32.3 Å². The quantitative estimate of drug-likeness (QED) is 0.834. The van der Waals surface area contributed by atoms with Crippen LogP contribution in [0.1, 0.15) is 35.6 Å². The van der Waals surface area contributed by atoms with Crippen LogP contribution in [0.15, 0.2) is 18.2 Å². The first-order valence-corrected chi connectivity index (χ1v) is 5.66. The Morgan fingerprint density at radius 2 is 1.88 bits per heavy atom. The third-order valence-electron chi connectivity index (χ3n) is 3.07. The lowest BCUT2D eigenvalue weighted by molar-refractivity contribution is 0.137. The number of rotatable bonds is 2. The second-order valence-electron chi connectivity index (χ2n) is 4.57. The van der Waals surface area contributed by atoms with Gasteiger partial charge in [0.25, 0.3) is 0 Å². The summed E-state index contributed by atoms with van der Waals surface area (Å²) in [7, 11) is 0. The Labute approximate surface area is 103 Å². The van der Waals surface area contributed by atoms with Crippen molar-refractivity contribution in [2.45, 2.75) is 38.8 Å². The van der Waals surface area contributed by atoms with E-state index in [1.165, 1.54) is 17.5 Å². The van der Waals surface area contributed by atoms with Crippen LogP contribution in [0, 0.1) is 13.8 Å². The zero-order chi connectivity index (χ0) is 10.8. The SMILES string of the molecule is Cc1cc(C)cc(C(O)C2CCCN2)c1.Cl. The average molecular weight is 242 g/mol. The number of benzene rings is 1. The molecule has 0 bridgehead atoms. The standard InChI is InChI=1S/C13H19NO.ClH/c1-9-6-10(2)8-11(7-9)13(15)12-4-3-5-14-12;/h6-8,12-15H,3-5H2,1-2H3;1H. The van der Waals surface area contributed by atoms with E-state index in [1.54, 1.807) is 0 Å². The van der Waals surface area contributed by atoms with Gasteiger partial charge in [-0.1, -0.05) is 29.3 Å². The highest BCUT2D eigenvalue weighted by atomic mass is 35.5. The smallest absolute Gasteiger partial charge is 0.0943 e. The van der Waals surface area contributed by atoms with Crippen LogP contribution in [0.3, 0.4) is 0 Å². The summed E-state index contributed by atoms with van der Waals surface area (Å²) in [4.78, 5) is 0. The second-order valence-corrected chi connectivity index (χ2v) is 4.57. The van der Waals surface area contributed by atoms with E-state index in [9.17, 15) is 5.11 Å². The van der Waals surface area contributed by atoms with Gasteiger partial charge in [-0.3, -0.25) is 0 Å². The molecule has 16 heavy (non-hydrogen) atoms. The molecule has 2 unspecified atom stereocenters. The van der Waals surface area contributed by atoms with E-state index in [0.717, 1.165) is 18.5 Å². The van der Waals surface area contributed by atoms with Crippen LogP contribution in [0.5, 0.6) is 0 Å². The lowest BCUT2D eigenvalue weighted by atomic mass is 9.97. The number of aliphatic hydroxyl groups excluding tert-OH is 1. The number of hydrogen-bond donors (Lipinski definition) is 2. The minimum Gasteiger partial charge on any atom is -0.387 e. The number of nitrogens with one attached hydrogen (secondary N) is 1. The summed E-state index contributed by atoms with van der Waals surface area (Å²) in [6, 6.07) is 6.54. The predicted molar refractivity (Wildman–Crippen MR) is 69.1 cm³/mol. The average Bonchev–Trinajstić information content (AvgIpc) is 2.67. The van der Waals surface area contributed by atoms with E-state index in [4.69, 9.17) is 0 Å². The Hall–Kier alpha value is -0.570. The molecule has 2 atom stereocenters. The molecule has 0 saturated carbocycles. The molecule has 2 rings (SSSR count). The molecule has 0 aromatic heterocycles. The molecule has 1 saturated heterocycles. The van der Waals surface area contributed by atoms with Gasteiger partial charge >= 0.3 is 0 Å². The van der Waals surface area contributed by atoms with Crippen LogP contribution in [0.2, 0.25) is 0 Å². The van der Waals surface area contributed by atoms with Crippen molar-refractivity contribution in [3.05, 3.63) is 34.9 Å². The Morgan fingerprint density at radius 3 is 2.38 bits per heavy atom. The first-order chi connectivity index (χ1) is 7.16. The fraction of sp³-hybridized carbons (Fsp3) is 0.538. The van der Waals surface area contributed by atoms with E-state index in [1.807, 2.05) is 0 Å². The Balaban J connectivity index is 0.00000128. The van der Waals surface area contributed by atoms with E-state index < -0.39 is 0 Å². The molecule has 1 aliphatic heterocycles. The van der Waals surface area contributed by atoms with Crippen LogP contribution in [-0.4, -0.2) is 17.7 Å². The molecule has 1 aliphatic rings. The molecular weight excluding hydrogens is 222 g/mol. The van der Waals surface area contributed by atoms with Gasteiger partial charge in [-0.15, -0.1) is 12.4 Å². The van der Waals surface area contributed by atoms with Crippen molar-refractivity contribution in [3.63, 3.8) is 0 Å². The van der Waals surface area contributed by atoms with Crippen molar-refractivity contribution in [1.82, 2.24) is 5.32 Å². The van der Waals surface area contributed by atoms with Gasteiger partial charge in [0.1, 0.15) is 0 Å². The van der Waals surface area contributed by atoms with Gasteiger partial charge in [-0.2, -0.15) is 0 Å². The predicted octanol–water partition coefficient (Wildman–Crippen LogP) is 2.51. The van der Waals surface area contributed by atoms with Crippen molar-refractivity contribution in [2.75, 3.05) is 6.54 Å². The molecule has 1 heterocycles. The molecule has 2 nitrogen and oxygen atoms in total. The number of aliphatic hydroxyl groups is 1. The summed E-state index contributed by atoms with van der Waals surface area (Å²) >= 11 is 0. The van der Waals surface area contributed by atoms with Gasteiger partial charge in [0, 0.05) is 6.04 Å². The first kappa shape index (κ1) is 13.5. The van der Waals surface area contributed by atoms with Crippen molar-refractivity contribution in [3.8, 4) is 0 Å². The first-order valence-electron chi connectivity index (χ1n) is 5.66. The Morgan fingerprint density at radius 1 is 1.25 bits per heavy atom. The Bertz CT molecular complexity index is 328. The fourth-order valence-electron chi connectivity index (χ4n) is 2.39. The minimum atomic E-state index is -0.355. The zero-order valence-corrected chi connectivity index (χ0v) is 10.7. The molecule has 0 aliphatic carbocycles. The van der Waals surface area contributed by atoms with E-state index in [2.05, 4.69) is 37.4 Å². The molecule has 1 aromatic carbocycles. The molecular formula is C13H20ClNO. The number of hydrogen-bond acceptors (Lipinski definition) is 2. The summed E-state index contributed by atoms with van der Waals surface area (Å²) in [6.07, 6.45) is 1.90. The summed E-state index contributed by atoms with van der Waals surface area (Å²) < 4.78 is 0. The summed E-state index contributed by atoms with van der Waals surface area (Å²) in [5.41, 5.74) is 3.50. The maximum absolute atomic E-state index is 10.2. The highest BCUT2D eigenvalue weighted by molar-refractivity contribution is 5.85. The normalized spacial score (nSPS) is 21.6. The van der Waals surface area contributed by atoms with Crippen LogP contribution < -0.4 is 5.32 Å². The van der Waals surface area contributed by atoms with Crippen molar-refractivity contribution in [1.29, 1.82) is 0 Å². The third-order valence-corrected chi connectivity index (χ3v) is 3.07. The lowest BCUT2D eigenvalue weighted by Crippen LogP contribution is -2.28. The molecule has 0 amide bonds. The third kappa shape index (κ3) is 2.97. The lowest BCUT2D eigenvalue weighted by Gasteiger charge is -2.19. The van der Waals surface area contributed by atoms with Crippen molar-refractivity contribution in [2.24, 2.45) is 0 Å². The van der Waals surface area contributed by atoms with E-state index in [-0.39, 0.29) is 24.6 Å². The van der Waals surface area contributed by atoms with Crippen molar-refractivity contribution >= 4 is 12.4 Å². The van der Waals surface area contributed by atoms with Gasteiger partial charge in [0.15, 0.2) is 0 Å². The fourth-order valence-corrected chi connectivity index (χ4v) is 2.39. The molecule has 2 N–H and O–H groups in total. The van der Waals surface area contributed by atoms with Gasteiger partial charge < -0.3 is 10.4 Å². The van der Waals surface area contributed by atoms with Gasteiger partial charge in [-0.25, -0.2) is 0 Å². The highest BCUT2D eigenvalue weighted by Gasteiger charge is 2.23. The van der Waals surface area contributed by atoms with Crippen molar-refractivity contribution < 1.29 is 5.11 Å². The van der Waals surface area contributed by atoms with Gasteiger partial charge in [0.05, 0.1) is 6.10 Å². The van der Waals surface area contributed by atoms with Gasteiger partial charge in [0.2, 0.25) is 0 Å². The van der Waals surface area contributed by atoms with Crippen LogP contribution >= 0.6 is 12.4 Å².